The molecule has 154 valence electrons. The monoisotopic (exact) mass is 415 g/mol. The Balaban J connectivity index is 1.64. The lowest BCUT2D eigenvalue weighted by atomic mass is 9.53. The molecule has 0 aromatic heterocycles. The highest BCUT2D eigenvalue weighted by Gasteiger charge is 2.65. The fraction of sp³-hybridized carbons (Fsp3) is 0.545. The largest absolute Gasteiger partial charge is 0.481 e. The van der Waals surface area contributed by atoms with Crippen molar-refractivity contribution in [2.75, 3.05) is 25.6 Å². The Kier molecular flexibility index (Phi) is 4.44. The van der Waals surface area contributed by atoms with Crippen LogP contribution >= 0.6 is 11.8 Å². The number of esters is 2. The zero-order chi connectivity index (χ0) is 20.3. The van der Waals surface area contributed by atoms with Gasteiger partial charge in [0, 0.05) is 29.9 Å². The maximum Gasteiger partial charge on any atom is 0.316 e. The van der Waals surface area contributed by atoms with Gasteiger partial charge in [-0.15, -0.1) is 0 Å². The first-order chi connectivity index (χ1) is 14.0. The lowest BCUT2D eigenvalue weighted by Gasteiger charge is -2.56. The van der Waals surface area contributed by atoms with E-state index in [2.05, 4.69) is 24.1 Å². The summed E-state index contributed by atoms with van der Waals surface area (Å²) in [5, 5.41) is 0. The number of benzene rings is 1. The fourth-order valence-electron chi connectivity index (χ4n) is 5.85. The normalized spacial score (nSPS) is 33.6. The van der Waals surface area contributed by atoms with Crippen LogP contribution in [0.5, 0.6) is 11.5 Å². The molecule has 7 heteroatoms. The molecule has 0 saturated carbocycles. The smallest absolute Gasteiger partial charge is 0.316 e. The van der Waals surface area contributed by atoms with Crippen molar-refractivity contribution in [3.8, 4) is 11.5 Å². The van der Waals surface area contributed by atoms with Crippen molar-refractivity contribution in [3.05, 3.63) is 35.4 Å². The first kappa shape index (κ1) is 19.0. The van der Waals surface area contributed by atoms with E-state index in [1.165, 1.54) is 24.2 Å². The van der Waals surface area contributed by atoms with E-state index in [9.17, 15) is 9.59 Å². The molecule has 1 saturated heterocycles. The average Bonchev–Trinajstić information content (AvgIpc) is 3.02. The van der Waals surface area contributed by atoms with Gasteiger partial charge >= 0.3 is 11.9 Å². The molecule has 0 radical (unpaired) electrons. The summed E-state index contributed by atoms with van der Waals surface area (Å²) in [7, 11) is 2.18. The molecule has 5 rings (SSSR count). The van der Waals surface area contributed by atoms with Crippen LogP contribution < -0.4 is 9.47 Å². The standard InChI is InChI=1S/C22H25NO5S/c1-12(24)26-16-6-4-13-10-15-14-5-7-17(27-18(25)11-29-3)21-22(14,8-9-23(15)2)19(13)20(16)28-21/h4-7,14-15,17,21H,8-11H2,1-3H3/t14-,15+,17?,21?,22-/m0/s1. The van der Waals surface area contributed by atoms with Crippen molar-refractivity contribution in [2.24, 2.45) is 5.92 Å². The number of ether oxygens (including phenoxy) is 3. The molecular weight excluding hydrogens is 390 g/mol. The zero-order valence-electron chi connectivity index (χ0n) is 16.8. The fourth-order valence-corrected chi connectivity index (χ4v) is 6.15. The van der Waals surface area contributed by atoms with E-state index in [1.54, 1.807) is 0 Å². The Labute approximate surface area is 174 Å². The number of piperidine rings is 1. The molecule has 1 aromatic carbocycles. The second kappa shape index (κ2) is 6.77. The number of rotatable bonds is 4. The predicted octanol–water partition coefficient (Wildman–Crippen LogP) is 2.33. The van der Waals surface area contributed by atoms with Crippen LogP contribution in [0.2, 0.25) is 0 Å². The second-order valence-electron chi connectivity index (χ2n) is 8.40. The maximum absolute atomic E-state index is 12.3. The van der Waals surface area contributed by atoms with Crippen LogP contribution in [0.1, 0.15) is 24.5 Å². The quantitative estimate of drug-likeness (QED) is 0.425. The van der Waals surface area contributed by atoms with Crippen LogP contribution in [0.15, 0.2) is 24.3 Å². The molecular formula is C22H25NO5S. The number of hydrogen-bond acceptors (Lipinski definition) is 7. The lowest BCUT2D eigenvalue weighted by Crippen LogP contribution is -2.65. The Morgan fingerprint density at radius 3 is 2.93 bits per heavy atom. The highest BCUT2D eigenvalue weighted by molar-refractivity contribution is 7.99. The summed E-state index contributed by atoms with van der Waals surface area (Å²) in [4.78, 5) is 26.3. The third kappa shape index (κ3) is 2.66. The molecule has 0 N–H and O–H groups in total. The van der Waals surface area contributed by atoms with Crippen molar-refractivity contribution < 1.29 is 23.8 Å². The first-order valence-electron chi connectivity index (χ1n) is 10.0. The van der Waals surface area contributed by atoms with Crippen molar-refractivity contribution in [2.45, 2.75) is 43.4 Å². The van der Waals surface area contributed by atoms with Crippen LogP contribution in [-0.4, -0.2) is 60.7 Å². The predicted molar refractivity (Wildman–Crippen MR) is 109 cm³/mol. The van der Waals surface area contributed by atoms with Gasteiger partial charge in [-0.25, -0.2) is 0 Å². The average molecular weight is 416 g/mol. The van der Waals surface area contributed by atoms with Crippen LogP contribution in [-0.2, 0) is 26.2 Å². The van der Waals surface area contributed by atoms with Crippen LogP contribution in [0.4, 0.5) is 0 Å². The first-order valence-corrected chi connectivity index (χ1v) is 11.4. The van der Waals surface area contributed by atoms with E-state index >= 15 is 0 Å². The van der Waals surface area contributed by atoms with Gasteiger partial charge in [0.2, 0.25) is 0 Å². The number of hydrogen-bond donors (Lipinski definition) is 0. The Bertz CT molecular complexity index is 915. The van der Waals surface area contributed by atoms with E-state index in [0.717, 1.165) is 24.9 Å². The molecule has 1 aromatic rings. The van der Waals surface area contributed by atoms with Gasteiger partial charge in [0.25, 0.3) is 0 Å². The van der Waals surface area contributed by atoms with Gasteiger partial charge in [-0.2, -0.15) is 11.8 Å². The summed E-state index contributed by atoms with van der Waals surface area (Å²) < 4.78 is 17.8. The molecule has 2 bridgehead atoms. The third-order valence-corrected chi connectivity index (χ3v) is 7.42. The SMILES string of the molecule is CSCC(=O)OC1C=C[C@H]2[C@H]3Cc4ccc(OC(C)=O)c5c4[C@@]2(CCN3C)C1O5. The minimum Gasteiger partial charge on any atom is -0.481 e. The van der Waals surface area contributed by atoms with Gasteiger partial charge < -0.3 is 19.1 Å². The summed E-state index contributed by atoms with van der Waals surface area (Å²) in [6, 6.07) is 4.29. The summed E-state index contributed by atoms with van der Waals surface area (Å²) in [6.07, 6.45) is 7.22. The number of carbonyl (C=O) groups excluding carboxylic acids is 2. The van der Waals surface area contributed by atoms with Crippen LogP contribution in [0.3, 0.4) is 0 Å². The lowest BCUT2D eigenvalue weighted by molar-refractivity contribution is -0.151. The van der Waals surface area contributed by atoms with Gasteiger partial charge in [0.15, 0.2) is 17.6 Å². The molecule has 2 aliphatic carbocycles. The van der Waals surface area contributed by atoms with Crippen molar-refractivity contribution in [1.29, 1.82) is 0 Å². The molecule has 5 atom stereocenters. The minimum absolute atomic E-state index is 0.234. The number of likely N-dealkylation sites (N-methyl/N-ethyl adjacent to an activating group) is 1. The molecule has 1 spiro atoms. The Hall–Kier alpha value is -1.99. The molecule has 1 fully saturated rings. The number of nitrogens with zero attached hydrogens (tertiary/aromatic N) is 1. The molecule has 2 heterocycles. The molecule has 29 heavy (non-hydrogen) atoms. The minimum atomic E-state index is -0.446. The van der Waals surface area contributed by atoms with E-state index in [1.807, 2.05) is 18.4 Å². The molecule has 2 aliphatic heterocycles. The van der Waals surface area contributed by atoms with Gasteiger partial charge in [0.05, 0.1) is 5.75 Å². The van der Waals surface area contributed by atoms with Gasteiger partial charge in [-0.1, -0.05) is 12.1 Å². The van der Waals surface area contributed by atoms with Gasteiger partial charge in [-0.3, -0.25) is 9.59 Å². The molecule has 2 unspecified atom stereocenters. The third-order valence-electron chi connectivity index (χ3n) is 6.90. The Morgan fingerprint density at radius 1 is 1.34 bits per heavy atom. The maximum atomic E-state index is 12.3. The summed E-state index contributed by atoms with van der Waals surface area (Å²) >= 11 is 1.45. The van der Waals surface area contributed by atoms with Gasteiger partial charge in [-0.05, 0) is 50.4 Å². The van der Waals surface area contributed by atoms with Crippen molar-refractivity contribution >= 4 is 23.7 Å². The summed E-state index contributed by atoms with van der Waals surface area (Å²) in [5.41, 5.74) is 2.15. The van der Waals surface area contributed by atoms with Crippen molar-refractivity contribution in [1.82, 2.24) is 4.90 Å². The van der Waals surface area contributed by atoms with E-state index in [-0.39, 0.29) is 29.4 Å². The summed E-state index contributed by atoms with van der Waals surface area (Å²) in [6.45, 7) is 2.35. The van der Waals surface area contributed by atoms with E-state index in [4.69, 9.17) is 14.2 Å². The molecule has 0 amide bonds. The van der Waals surface area contributed by atoms with Crippen LogP contribution in [0.25, 0.3) is 0 Å². The van der Waals surface area contributed by atoms with Gasteiger partial charge in [0.1, 0.15) is 6.10 Å². The van der Waals surface area contributed by atoms with E-state index < -0.39 is 6.10 Å². The zero-order valence-corrected chi connectivity index (χ0v) is 17.7. The topological polar surface area (TPSA) is 65.1 Å². The number of likely N-dealkylation sites (tertiary alicyclic amines) is 1. The Morgan fingerprint density at radius 2 is 2.17 bits per heavy atom. The van der Waals surface area contributed by atoms with Crippen molar-refractivity contribution in [3.63, 3.8) is 0 Å². The number of thioether (sulfide) groups is 1. The summed E-state index contributed by atoms with van der Waals surface area (Å²) in [5.74, 6) is 1.11. The second-order valence-corrected chi connectivity index (χ2v) is 9.27. The van der Waals surface area contributed by atoms with E-state index in [0.29, 0.717) is 23.3 Å². The highest BCUT2D eigenvalue weighted by atomic mass is 32.2. The molecule has 6 nitrogen and oxygen atoms in total. The highest BCUT2D eigenvalue weighted by Crippen LogP contribution is 2.62. The van der Waals surface area contributed by atoms with Crippen LogP contribution in [0, 0.1) is 5.92 Å². The molecule has 4 aliphatic rings. The number of carbonyl (C=O) groups is 2.